The first-order valence-corrected chi connectivity index (χ1v) is 8.18. The number of carbonyl (C=O) groups is 1. The Bertz CT molecular complexity index is 984. The number of aryl methyl sites for hydroxylation is 1. The molecule has 0 spiro atoms. The van der Waals surface area contributed by atoms with Crippen LogP contribution in [0.1, 0.15) is 36.1 Å². The number of fused-ring (bicyclic) bond motifs is 2. The van der Waals surface area contributed by atoms with Gasteiger partial charge in [0, 0.05) is 6.92 Å². The number of imidazole rings is 1. The molecular formula is C19H19N3O2. The fourth-order valence-electron chi connectivity index (χ4n) is 3.59. The van der Waals surface area contributed by atoms with Gasteiger partial charge in [0.2, 0.25) is 5.91 Å². The summed E-state index contributed by atoms with van der Waals surface area (Å²) in [5, 5.41) is 3.01. The Labute approximate surface area is 139 Å². The fraction of sp³-hybridized carbons (Fsp3) is 0.263. The van der Waals surface area contributed by atoms with Crippen LogP contribution in [0.5, 0.6) is 0 Å². The zero-order valence-electron chi connectivity index (χ0n) is 13.5. The van der Waals surface area contributed by atoms with Gasteiger partial charge in [-0.2, -0.15) is 0 Å². The lowest BCUT2D eigenvalue weighted by Gasteiger charge is -2.14. The first kappa shape index (κ1) is 14.8. The van der Waals surface area contributed by atoms with Crippen LogP contribution in [-0.2, 0) is 17.8 Å². The van der Waals surface area contributed by atoms with E-state index in [9.17, 15) is 9.59 Å². The van der Waals surface area contributed by atoms with Crippen LogP contribution in [-0.4, -0.2) is 15.5 Å². The number of nitrogens with zero attached hydrogens (tertiary/aromatic N) is 1. The van der Waals surface area contributed by atoms with Gasteiger partial charge in [-0.15, -0.1) is 0 Å². The van der Waals surface area contributed by atoms with Crippen molar-refractivity contribution in [1.82, 2.24) is 14.9 Å². The van der Waals surface area contributed by atoms with Gasteiger partial charge < -0.3 is 10.3 Å². The van der Waals surface area contributed by atoms with Gasteiger partial charge in [-0.25, -0.2) is 4.79 Å². The first-order chi connectivity index (χ1) is 11.6. The molecule has 122 valence electrons. The predicted octanol–water partition coefficient (Wildman–Crippen LogP) is 2.50. The molecule has 1 aromatic heterocycles. The van der Waals surface area contributed by atoms with E-state index >= 15 is 0 Å². The van der Waals surface area contributed by atoms with Crippen LogP contribution in [0.2, 0.25) is 0 Å². The molecule has 1 amide bonds. The van der Waals surface area contributed by atoms with Gasteiger partial charge in [0.05, 0.1) is 23.6 Å². The topological polar surface area (TPSA) is 66.9 Å². The summed E-state index contributed by atoms with van der Waals surface area (Å²) in [6, 6.07) is 14.1. The molecule has 24 heavy (non-hydrogen) atoms. The van der Waals surface area contributed by atoms with Crippen molar-refractivity contribution in [3.8, 4) is 0 Å². The fourth-order valence-corrected chi connectivity index (χ4v) is 3.59. The maximum absolute atomic E-state index is 12.2. The molecule has 3 aromatic rings. The van der Waals surface area contributed by atoms with Crippen LogP contribution >= 0.6 is 0 Å². The van der Waals surface area contributed by atoms with E-state index in [-0.39, 0.29) is 17.6 Å². The maximum Gasteiger partial charge on any atom is 0.326 e. The number of aromatic nitrogens is 2. The van der Waals surface area contributed by atoms with Crippen molar-refractivity contribution in [2.24, 2.45) is 0 Å². The van der Waals surface area contributed by atoms with Gasteiger partial charge in [0.15, 0.2) is 0 Å². The van der Waals surface area contributed by atoms with Crippen molar-refractivity contribution in [3.05, 3.63) is 69.6 Å². The van der Waals surface area contributed by atoms with Crippen molar-refractivity contribution < 1.29 is 4.79 Å². The Morgan fingerprint density at radius 1 is 1.29 bits per heavy atom. The van der Waals surface area contributed by atoms with E-state index in [1.54, 1.807) is 11.5 Å². The highest BCUT2D eigenvalue weighted by molar-refractivity contribution is 5.75. The van der Waals surface area contributed by atoms with Crippen LogP contribution in [0.4, 0.5) is 0 Å². The van der Waals surface area contributed by atoms with Gasteiger partial charge in [0.1, 0.15) is 0 Å². The zero-order chi connectivity index (χ0) is 16.7. The van der Waals surface area contributed by atoms with E-state index in [2.05, 4.69) is 28.5 Å². The van der Waals surface area contributed by atoms with E-state index in [4.69, 9.17) is 0 Å². The number of para-hydroxylation sites is 2. The smallest absolute Gasteiger partial charge is 0.326 e. The summed E-state index contributed by atoms with van der Waals surface area (Å²) in [5.74, 6) is -0.00824. The van der Waals surface area contributed by atoms with Crippen LogP contribution in [0, 0.1) is 0 Å². The van der Waals surface area contributed by atoms with Crippen molar-refractivity contribution in [3.63, 3.8) is 0 Å². The molecule has 4 rings (SSSR count). The maximum atomic E-state index is 12.2. The third-order valence-electron chi connectivity index (χ3n) is 4.69. The molecule has 0 saturated heterocycles. The summed E-state index contributed by atoms with van der Waals surface area (Å²) in [4.78, 5) is 26.5. The van der Waals surface area contributed by atoms with E-state index in [1.807, 2.05) is 24.3 Å². The predicted molar refractivity (Wildman–Crippen MR) is 93.0 cm³/mol. The Balaban J connectivity index is 1.69. The van der Waals surface area contributed by atoms with Crippen molar-refractivity contribution in [2.45, 2.75) is 32.4 Å². The van der Waals surface area contributed by atoms with Gasteiger partial charge in [-0.1, -0.05) is 30.3 Å². The standard InChI is InChI=1S/C19H19N3O2/c1-12(23)20-16-9-8-14-7-6-13(10-15(14)16)11-22-18-5-3-2-4-17(18)21-19(22)24/h2-7,10,16H,8-9,11H2,1H3,(H,20,23)(H,21,24). The lowest BCUT2D eigenvalue weighted by Crippen LogP contribution is -2.24. The molecule has 2 aromatic carbocycles. The van der Waals surface area contributed by atoms with Gasteiger partial charge in [-0.3, -0.25) is 9.36 Å². The van der Waals surface area contributed by atoms with E-state index in [0.29, 0.717) is 6.54 Å². The summed E-state index contributed by atoms with van der Waals surface area (Å²) >= 11 is 0. The van der Waals surface area contributed by atoms with Crippen molar-refractivity contribution >= 4 is 16.9 Å². The van der Waals surface area contributed by atoms with Crippen molar-refractivity contribution in [1.29, 1.82) is 0 Å². The quantitative estimate of drug-likeness (QED) is 0.778. The lowest BCUT2D eigenvalue weighted by molar-refractivity contribution is -0.119. The molecule has 0 aliphatic heterocycles. The third kappa shape index (κ3) is 2.52. The highest BCUT2D eigenvalue weighted by Crippen LogP contribution is 2.32. The average molecular weight is 321 g/mol. The summed E-state index contributed by atoms with van der Waals surface area (Å²) in [6.45, 7) is 2.07. The Hall–Kier alpha value is -2.82. The second kappa shape index (κ2) is 5.67. The number of hydrogen-bond acceptors (Lipinski definition) is 2. The Kier molecular flexibility index (Phi) is 3.49. The Morgan fingerprint density at radius 3 is 2.96 bits per heavy atom. The SMILES string of the molecule is CC(=O)NC1CCc2ccc(Cn3c(=O)[nH]c4ccccc43)cc21. The minimum atomic E-state index is -0.102. The molecule has 1 atom stereocenters. The molecule has 2 N–H and O–H groups in total. The Morgan fingerprint density at radius 2 is 2.12 bits per heavy atom. The number of nitrogens with one attached hydrogen (secondary N) is 2. The molecule has 0 bridgehead atoms. The monoisotopic (exact) mass is 321 g/mol. The number of benzene rings is 2. The van der Waals surface area contributed by atoms with E-state index in [0.717, 1.165) is 29.4 Å². The molecular weight excluding hydrogens is 302 g/mol. The molecule has 0 saturated carbocycles. The minimum Gasteiger partial charge on any atom is -0.350 e. The summed E-state index contributed by atoms with van der Waals surface area (Å²) in [6.07, 6.45) is 1.92. The summed E-state index contributed by atoms with van der Waals surface area (Å²) < 4.78 is 1.75. The molecule has 5 heteroatoms. The highest BCUT2D eigenvalue weighted by Gasteiger charge is 2.23. The number of amides is 1. The van der Waals surface area contributed by atoms with Crippen LogP contribution in [0.15, 0.2) is 47.3 Å². The normalized spacial score (nSPS) is 16.3. The average Bonchev–Trinajstić information content (AvgIpc) is 3.09. The number of H-pyrrole nitrogens is 1. The lowest BCUT2D eigenvalue weighted by atomic mass is 10.0. The molecule has 5 nitrogen and oxygen atoms in total. The van der Waals surface area contributed by atoms with Crippen LogP contribution in [0.25, 0.3) is 11.0 Å². The minimum absolute atomic E-state index is 0.00824. The second-order valence-corrected chi connectivity index (χ2v) is 6.36. The second-order valence-electron chi connectivity index (χ2n) is 6.36. The zero-order valence-corrected chi connectivity index (χ0v) is 13.5. The molecule has 1 aliphatic rings. The number of aromatic amines is 1. The molecule has 0 fully saturated rings. The first-order valence-electron chi connectivity index (χ1n) is 8.18. The van der Waals surface area contributed by atoms with Gasteiger partial charge in [-0.05, 0) is 41.7 Å². The molecule has 0 radical (unpaired) electrons. The van der Waals surface area contributed by atoms with Crippen LogP contribution < -0.4 is 11.0 Å². The van der Waals surface area contributed by atoms with Gasteiger partial charge >= 0.3 is 5.69 Å². The number of rotatable bonds is 3. The number of carbonyl (C=O) groups excluding carboxylic acids is 1. The highest BCUT2D eigenvalue weighted by atomic mass is 16.1. The van der Waals surface area contributed by atoms with E-state index in [1.165, 1.54) is 11.1 Å². The number of hydrogen-bond donors (Lipinski definition) is 2. The summed E-state index contributed by atoms with van der Waals surface area (Å²) in [7, 11) is 0. The van der Waals surface area contributed by atoms with Crippen molar-refractivity contribution in [2.75, 3.05) is 0 Å². The van der Waals surface area contributed by atoms with E-state index < -0.39 is 0 Å². The van der Waals surface area contributed by atoms with Gasteiger partial charge in [0.25, 0.3) is 0 Å². The third-order valence-corrected chi connectivity index (χ3v) is 4.69. The largest absolute Gasteiger partial charge is 0.350 e. The van der Waals surface area contributed by atoms with Crippen LogP contribution in [0.3, 0.4) is 0 Å². The molecule has 1 heterocycles. The molecule has 1 aliphatic carbocycles. The summed E-state index contributed by atoms with van der Waals surface area (Å²) in [5.41, 5.74) is 5.17. The molecule has 1 unspecified atom stereocenters.